The van der Waals surface area contributed by atoms with E-state index < -0.39 is 0 Å². The average Bonchev–Trinajstić information content (AvgIpc) is 2.85. The van der Waals surface area contributed by atoms with Crippen LogP contribution in [0.25, 0.3) is 10.9 Å². The summed E-state index contributed by atoms with van der Waals surface area (Å²) < 4.78 is 0. The molecule has 3 rings (SSSR count). The van der Waals surface area contributed by atoms with Crippen LogP contribution >= 0.6 is 0 Å². The van der Waals surface area contributed by atoms with Crippen LogP contribution in [0.4, 0.5) is 11.6 Å². The number of nitrogens with two attached hydrogens (primary N) is 1. The quantitative estimate of drug-likeness (QED) is 0.825. The topological polar surface area (TPSA) is 78.2 Å². The number of nitrogen functional groups attached to an aromatic ring is 1. The fourth-order valence-electron chi connectivity index (χ4n) is 2.94. The minimum absolute atomic E-state index is 0.145. The molecule has 0 amide bonds. The molecule has 6 heteroatoms. The largest absolute Gasteiger partial charge is 0.399 e. The standard InChI is InChI=1S/C15H21N5O/c1-19-7-3-4-11(19)9-20(2)15-17-13-6-5-10(16)8-12(13)14(21)18-15/h5-6,8,11H,3-4,7,9,16H2,1-2H3,(H,17,18,21). The predicted molar refractivity (Wildman–Crippen MR) is 85.7 cm³/mol. The predicted octanol–water partition coefficient (Wildman–Crippen LogP) is 1.04. The second-order valence-electron chi connectivity index (χ2n) is 5.82. The second-order valence-corrected chi connectivity index (χ2v) is 5.82. The Bertz CT molecular complexity index is 711. The molecule has 0 saturated carbocycles. The molecule has 1 atom stereocenters. The highest BCUT2D eigenvalue weighted by Crippen LogP contribution is 2.18. The Morgan fingerprint density at radius 2 is 2.33 bits per heavy atom. The van der Waals surface area contributed by atoms with Gasteiger partial charge in [0.05, 0.1) is 10.9 Å². The van der Waals surface area contributed by atoms with Gasteiger partial charge in [-0.2, -0.15) is 0 Å². The Balaban J connectivity index is 1.89. The van der Waals surface area contributed by atoms with Crippen molar-refractivity contribution in [3.05, 3.63) is 28.6 Å². The van der Waals surface area contributed by atoms with E-state index in [1.807, 2.05) is 11.9 Å². The first kappa shape index (κ1) is 13.9. The molecule has 1 unspecified atom stereocenters. The monoisotopic (exact) mass is 287 g/mol. The van der Waals surface area contributed by atoms with Gasteiger partial charge in [-0.25, -0.2) is 4.98 Å². The van der Waals surface area contributed by atoms with Crippen molar-refractivity contribution in [2.24, 2.45) is 0 Å². The smallest absolute Gasteiger partial charge is 0.260 e. The van der Waals surface area contributed by atoms with Crippen molar-refractivity contribution in [2.75, 3.05) is 37.8 Å². The molecular weight excluding hydrogens is 266 g/mol. The SMILES string of the molecule is CN(CC1CCCN1C)c1nc2ccc(N)cc2c(=O)[nH]1. The molecule has 21 heavy (non-hydrogen) atoms. The Kier molecular flexibility index (Phi) is 3.55. The highest BCUT2D eigenvalue weighted by atomic mass is 16.1. The summed E-state index contributed by atoms with van der Waals surface area (Å²) in [5.41, 5.74) is 6.82. The second kappa shape index (κ2) is 5.37. The highest BCUT2D eigenvalue weighted by Gasteiger charge is 2.23. The molecule has 1 fully saturated rings. The molecule has 1 aliphatic heterocycles. The van der Waals surface area contributed by atoms with E-state index in [2.05, 4.69) is 21.9 Å². The van der Waals surface area contributed by atoms with E-state index in [4.69, 9.17) is 5.73 Å². The molecule has 0 radical (unpaired) electrons. The molecule has 112 valence electrons. The summed E-state index contributed by atoms with van der Waals surface area (Å²) >= 11 is 0. The molecule has 0 bridgehead atoms. The maximum atomic E-state index is 12.2. The number of hydrogen-bond donors (Lipinski definition) is 2. The van der Waals surface area contributed by atoms with Crippen molar-refractivity contribution in [2.45, 2.75) is 18.9 Å². The molecule has 0 aliphatic carbocycles. The van der Waals surface area contributed by atoms with Gasteiger partial charge < -0.3 is 15.5 Å². The van der Waals surface area contributed by atoms with Gasteiger partial charge in [0.25, 0.3) is 5.56 Å². The number of likely N-dealkylation sites (N-methyl/N-ethyl adjacent to an activating group) is 2. The van der Waals surface area contributed by atoms with E-state index in [0.29, 0.717) is 28.6 Å². The fraction of sp³-hybridized carbons (Fsp3) is 0.467. The summed E-state index contributed by atoms with van der Waals surface area (Å²) in [7, 11) is 4.11. The Hall–Kier alpha value is -2.08. The third-order valence-electron chi connectivity index (χ3n) is 4.23. The molecule has 1 aliphatic rings. The van der Waals surface area contributed by atoms with E-state index in [0.717, 1.165) is 13.1 Å². The lowest BCUT2D eigenvalue weighted by atomic mass is 10.2. The number of hydrogen-bond acceptors (Lipinski definition) is 5. The zero-order valence-electron chi connectivity index (χ0n) is 12.5. The van der Waals surface area contributed by atoms with E-state index >= 15 is 0 Å². The number of anilines is 2. The Morgan fingerprint density at radius 3 is 3.05 bits per heavy atom. The number of benzene rings is 1. The third-order valence-corrected chi connectivity index (χ3v) is 4.23. The van der Waals surface area contributed by atoms with Gasteiger partial charge in [0, 0.05) is 25.3 Å². The van der Waals surface area contributed by atoms with Crippen molar-refractivity contribution in [3.8, 4) is 0 Å². The zero-order valence-corrected chi connectivity index (χ0v) is 12.5. The minimum atomic E-state index is -0.145. The normalized spacial score (nSPS) is 19.2. The van der Waals surface area contributed by atoms with Crippen molar-refractivity contribution in [1.82, 2.24) is 14.9 Å². The summed E-state index contributed by atoms with van der Waals surface area (Å²) in [5.74, 6) is 0.609. The molecule has 0 spiro atoms. The van der Waals surface area contributed by atoms with Gasteiger partial charge in [0.1, 0.15) is 0 Å². The van der Waals surface area contributed by atoms with Crippen LogP contribution in [0.5, 0.6) is 0 Å². The summed E-state index contributed by atoms with van der Waals surface area (Å²) in [4.78, 5) is 23.9. The Morgan fingerprint density at radius 1 is 1.52 bits per heavy atom. The lowest BCUT2D eigenvalue weighted by Crippen LogP contribution is -2.37. The first-order valence-electron chi connectivity index (χ1n) is 7.25. The lowest BCUT2D eigenvalue weighted by Gasteiger charge is -2.26. The van der Waals surface area contributed by atoms with E-state index in [9.17, 15) is 4.79 Å². The van der Waals surface area contributed by atoms with E-state index in [-0.39, 0.29) is 5.56 Å². The van der Waals surface area contributed by atoms with Gasteiger partial charge in [-0.15, -0.1) is 0 Å². The lowest BCUT2D eigenvalue weighted by molar-refractivity contribution is 0.313. The number of aromatic nitrogens is 2. The Labute approximate surface area is 123 Å². The first-order chi connectivity index (χ1) is 10.0. The van der Waals surface area contributed by atoms with Crippen LogP contribution in [0.3, 0.4) is 0 Å². The van der Waals surface area contributed by atoms with Crippen LogP contribution < -0.4 is 16.2 Å². The molecule has 2 aromatic rings. The van der Waals surface area contributed by atoms with Crippen molar-refractivity contribution >= 4 is 22.5 Å². The van der Waals surface area contributed by atoms with Gasteiger partial charge in [0.2, 0.25) is 5.95 Å². The maximum absolute atomic E-state index is 12.2. The molecule has 2 heterocycles. The molecule has 1 aromatic heterocycles. The van der Waals surface area contributed by atoms with Crippen molar-refractivity contribution < 1.29 is 0 Å². The minimum Gasteiger partial charge on any atom is -0.399 e. The number of fused-ring (bicyclic) bond motifs is 1. The molecule has 1 aromatic carbocycles. The molecule has 1 saturated heterocycles. The fourth-order valence-corrected chi connectivity index (χ4v) is 2.94. The zero-order chi connectivity index (χ0) is 15.0. The first-order valence-corrected chi connectivity index (χ1v) is 7.25. The number of likely N-dealkylation sites (tertiary alicyclic amines) is 1. The highest BCUT2D eigenvalue weighted by molar-refractivity contribution is 5.81. The van der Waals surface area contributed by atoms with Crippen LogP contribution in [0.2, 0.25) is 0 Å². The molecule has 3 N–H and O–H groups in total. The summed E-state index contributed by atoms with van der Waals surface area (Å²) in [6.07, 6.45) is 2.42. The number of nitrogens with zero attached hydrogens (tertiary/aromatic N) is 3. The van der Waals surface area contributed by atoms with Crippen molar-refractivity contribution in [1.29, 1.82) is 0 Å². The van der Waals surface area contributed by atoms with E-state index in [1.165, 1.54) is 12.8 Å². The number of H-pyrrole nitrogens is 1. The van der Waals surface area contributed by atoms with Crippen LogP contribution in [-0.2, 0) is 0 Å². The van der Waals surface area contributed by atoms with Gasteiger partial charge in [-0.3, -0.25) is 9.78 Å². The number of rotatable bonds is 3. The number of nitrogens with one attached hydrogen (secondary N) is 1. The summed E-state index contributed by atoms with van der Waals surface area (Å²) in [5, 5.41) is 0.533. The molecule has 6 nitrogen and oxygen atoms in total. The summed E-state index contributed by atoms with van der Waals surface area (Å²) in [6, 6.07) is 5.74. The van der Waals surface area contributed by atoms with Crippen LogP contribution in [-0.4, -0.2) is 48.1 Å². The van der Waals surface area contributed by atoms with Gasteiger partial charge in [0.15, 0.2) is 0 Å². The summed E-state index contributed by atoms with van der Waals surface area (Å²) in [6.45, 7) is 2.00. The van der Waals surface area contributed by atoms with Crippen LogP contribution in [0, 0.1) is 0 Å². The van der Waals surface area contributed by atoms with E-state index in [1.54, 1.807) is 18.2 Å². The maximum Gasteiger partial charge on any atom is 0.260 e. The van der Waals surface area contributed by atoms with Gasteiger partial charge >= 0.3 is 0 Å². The number of aromatic amines is 1. The third kappa shape index (κ3) is 2.71. The van der Waals surface area contributed by atoms with Gasteiger partial charge in [-0.05, 0) is 44.6 Å². The average molecular weight is 287 g/mol. The van der Waals surface area contributed by atoms with Crippen LogP contribution in [0.1, 0.15) is 12.8 Å². The van der Waals surface area contributed by atoms with Gasteiger partial charge in [-0.1, -0.05) is 0 Å². The van der Waals surface area contributed by atoms with Crippen LogP contribution in [0.15, 0.2) is 23.0 Å². The van der Waals surface area contributed by atoms with Crippen molar-refractivity contribution in [3.63, 3.8) is 0 Å². The molecular formula is C15H21N5O.